The highest BCUT2D eigenvalue weighted by Gasteiger charge is 2.35. The van der Waals surface area contributed by atoms with Crippen molar-refractivity contribution in [3.63, 3.8) is 0 Å². The lowest BCUT2D eigenvalue weighted by molar-refractivity contribution is -0.149. The van der Waals surface area contributed by atoms with E-state index in [0.29, 0.717) is 13.1 Å². The molecule has 8 nitrogen and oxygen atoms in total. The average Bonchev–Trinajstić information content (AvgIpc) is 2.55. The predicted molar refractivity (Wildman–Crippen MR) is 81.1 cm³/mol. The lowest BCUT2D eigenvalue weighted by Gasteiger charge is -2.32. The molecular formula is C14H30N2O6. The van der Waals surface area contributed by atoms with E-state index >= 15 is 0 Å². The van der Waals surface area contributed by atoms with Crippen LogP contribution < -0.4 is 10.6 Å². The van der Waals surface area contributed by atoms with E-state index in [1.165, 1.54) is 0 Å². The highest BCUT2D eigenvalue weighted by molar-refractivity contribution is 5.81. The maximum Gasteiger partial charge on any atom is 0.251 e. The van der Waals surface area contributed by atoms with Crippen LogP contribution in [0.5, 0.6) is 0 Å². The predicted octanol–water partition coefficient (Wildman–Crippen LogP) is -2.44. The zero-order valence-electron chi connectivity index (χ0n) is 13.5. The largest absolute Gasteiger partial charge is 0.394 e. The van der Waals surface area contributed by atoms with Crippen LogP contribution in [0.2, 0.25) is 0 Å². The van der Waals surface area contributed by atoms with Crippen LogP contribution in [0.25, 0.3) is 0 Å². The number of nitrogens with one attached hydrogen (secondary N) is 2. The second-order valence-corrected chi connectivity index (χ2v) is 5.63. The van der Waals surface area contributed by atoms with Crippen molar-refractivity contribution in [1.29, 1.82) is 0 Å². The summed E-state index contributed by atoms with van der Waals surface area (Å²) in [6.45, 7) is 4.20. The van der Waals surface area contributed by atoms with Gasteiger partial charge in [0.15, 0.2) is 6.10 Å². The molecule has 0 rings (SSSR count). The molecule has 0 spiro atoms. The van der Waals surface area contributed by atoms with Crippen molar-refractivity contribution >= 4 is 5.91 Å². The average molecular weight is 322 g/mol. The first-order valence-corrected chi connectivity index (χ1v) is 7.54. The van der Waals surface area contributed by atoms with E-state index in [4.69, 9.17) is 5.11 Å². The molecule has 0 fully saturated rings. The van der Waals surface area contributed by atoms with Crippen LogP contribution in [-0.2, 0) is 4.79 Å². The Balaban J connectivity index is 4.64. The molecule has 4 atom stereocenters. The fourth-order valence-electron chi connectivity index (χ4n) is 2.24. The summed E-state index contributed by atoms with van der Waals surface area (Å²) in [5.74, 6) is -0.834. The summed E-state index contributed by atoms with van der Waals surface area (Å²) < 4.78 is 0. The molecule has 8 heteroatoms. The zero-order valence-corrected chi connectivity index (χ0v) is 13.5. The van der Waals surface area contributed by atoms with Crippen molar-refractivity contribution in [2.75, 3.05) is 26.7 Å². The quantitative estimate of drug-likeness (QED) is 0.224. The Kier molecular flexibility index (Phi) is 9.74. The highest BCUT2D eigenvalue weighted by atomic mass is 16.4. The van der Waals surface area contributed by atoms with Crippen molar-refractivity contribution in [3.05, 3.63) is 0 Å². The van der Waals surface area contributed by atoms with Gasteiger partial charge >= 0.3 is 0 Å². The Morgan fingerprint density at radius 2 is 1.59 bits per heavy atom. The van der Waals surface area contributed by atoms with Gasteiger partial charge in [-0.2, -0.15) is 0 Å². The lowest BCUT2D eigenvalue weighted by atomic mass is 9.82. The van der Waals surface area contributed by atoms with E-state index in [0.717, 1.165) is 12.8 Å². The number of hydrogen-bond donors (Lipinski definition) is 7. The fraction of sp³-hybridized carbons (Fsp3) is 0.929. The number of rotatable bonds is 11. The van der Waals surface area contributed by atoms with Gasteiger partial charge in [-0.05, 0) is 25.3 Å². The van der Waals surface area contributed by atoms with E-state index in [-0.39, 0.29) is 5.41 Å². The zero-order chi connectivity index (χ0) is 17.3. The maximum absolute atomic E-state index is 11.9. The topological polar surface area (TPSA) is 142 Å². The third kappa shape index (κ3) is 5.79. The molecule has 132 valence electrons. The van der Waals surface area contributed by atoms with Crippen molar-refractivity contribution < 1.29 is 30.3 Å². The molecule has 0 saturated carbocycles. The number of aliphatic hydroxyl groups excluding tert-OH is 5. The molecule has 1 amide bonds. The van der Waals surface area contributed by atoms with Gasteiger partial charge in [-0.25, -0.2) is 0 Å². The molecule has 0 aromatic carbocycles. The van der Waals surface area contributed by atoms with E-state index in [1.807, 2.05) is 20.9 Å². The number of carbonyl (C=O) groups is 1. The number of carbonyl (C=O) groups excluding carboxylic acids is 1. The van der Waals surface area contributed by atoms with Gasteiger partial charge < -0.3 is 36.2 Å². The third-order valence-corrected chi connectivity index (χ3v) is 4.21. The van der Waals surface area contributed by atoms with Crippen LogP contribution in [0.1, 0.15) is 26.7 Å². The Labute approximate surface area is 131 Å². The second kappa shape index (κ2) is 10.1. The number of aliphatic hydroxyl groups is 5. The summed E-state index contributed by atoms with van der Waals surface area (Å²) >= 11 is 0. The molecule has 7 N–H and O–H groups in total. The van der Waals surface area contributed by atoms with E-state index < -0.39 is 36.9 Å². The van der Waals surface area contributed by atoms with Crippen LogP contribution in [0.4, 0.5) is 0 Å². The number of hydrogen-bond acceptors (Lipinski definition) is 7. The Bertz CT molecular complexity index is 324. The first-order valence-electron chi connectivity index (χ1n) is 7.54. The van der Waals surface area contributed by atoms with Gasteiger partial charge in [0.1, 0.15) is 18.3 Å². The molecule has 0 saturated heterocycles. The molecule has 0 aliphatic carbocycles. The third-order valence-electron chi connectivity index (χ3n) is 4.21. The monoisotopic (exact) mass is 322 g/mol. The summed E-state index contributed by atoms with van der Waals surface area (Å²) in [4.78, 5) is 11.9. The first kappa shape index (κ1) is 21.2. The van der Waals surface area contributed by atoms with E-state index in [1.54, 1.807) is 0 Å². The van der Waals surface area contributed by atoms with Crippen LogP contribution >= 0.6 is 0 Å². The molecule has 0 aromatic rings. The van der Waals surface area contributed by atoms with Crippen LogP contribution in [-0.4, -0.2) is 82.6 Å². The minimum absolute atomic E-state index is 0.168. The minimum atomic E-state index is -1.89. The Morgan fingerprint density at radius 1 is 1.05 bits per heavy atom. The standard InChI is InChI=1S/C14H30N2O6/c1-4-14(5-2,7-15-3)8-16-13(22)12(21)11(20)10(19)9(18)6-17/h9-12,15,17-21H,4-8H2,1-3H3,(H,16,22). The molecular weight excluding hydrogens is 292 g/mol. The normalized spacial score (nSPS) is 17.6. The van der Waals surface area contributed by atoms with Crippen LogP contribution in [0, 0.1) is 5.41 Å². The smallest absolute Gasteiger partial charge is 0.251 e. The van der Waals surface area contributed by atoms with Crippen molar-refractivity contribution in [2.24, 2.45) is 5.41 Å². The van der Waals surface area contributed by atoms with Crippen molar-refractivity contribution in [2.45, 2.75) is 51.1 Å². The van der Waals surface area contributed by atoms with E-state index in [9.17, 15) is 25.2 Å². The van der Waals surface area contributed by atoms with Gasteiger partial charge in [0.05, 0.1) is 6.61 Å². The first-order chi connectivity index (χ1) is 10.3. The maximum atomic E-state index is 11.9. The van der Waals surface area contributed by atoms with Gasteiger partial charge in [-0.3, -0.25) is 4.79 Å². The summed E-state index contributed by atoms with van der Waals surface area (Å²) in [7, 11) is 1.81. The summed E-state index contributed by atoms with van der Waals surface area (Å²) in [5.41, 5.74) is -0.168. The fourth-order valence-corrected chi connectivity index (χ4v) is 2.24. The van der Waals surface area contributed by atoms with Crippen LogP contribution in [0.15, 0.2) is 0 Å². The number of amides is 1. The molecule has 0 aliphatic heterocycles. The minimum Gasteiger partial charge on any atom is -0.394 e. The molecule has 0 bridgehead atoms. The molecule has 0 heterocycles. The van der Waals surface area contributed by atoms with Gasteiger partial charge in [-0.1, -0.05) is 13.8 Å². The molecule has 0 aliphatic rings. The lowest BCUT2D eigenvalue weighted by Crippen LogP contribution is -2.53. The SMILES string of the molecule is CCC(CC)(CNC)CNC(=O)C(O)C(O)C(O)C(O)CO. The Hall–Kier alpha value is -0.770. The summed E-state index contributed by atoms with van der Waals surface area (Å²) in [6, 6.07) is 0. The molecule has 0 radical (unpaired) electrons. The van der Waals surface area contributed by atoms with Crippen molar-refractivity contribution in [1.82, 2.24) is 10.6 Å². The highest BCUT2D eigenvalue weighted by Crippen LogP contribution is 2.24. The van der Waals surface area contributed by atoms with Crippen LogP contribution in [0.3, 0.4) is 0 Å². The Morgan fingerprint density at radius 3 is 2.00 bits per heavy atom. The van der Waals surface area contributed by atoms with Gasteiger partial charge in [-0.15, -0.1) is 0 Å². The van der Waals surface area contributed by atoms with Gasteiger partial charge in [0.25, 0.3) is 5.91 Å². The van der Waals surface area contributed by atoms with Crippen molar-refractivity contribution in [3.8, 4) is 0 Å². The van der Waals surface area contributed by atoms with Gasteiger partial charge in [0, 0.05) is 13.1 Å². The van der Waals surface area contributed by atoms with E-state index in [2.05, 4.69) is 10.6 Å². The molecule has 0 aromatic heterocycles. The summed E-state index contributed by atoms with van der Waals surface area (Å²) in [6.07, 6.45) is -5.59. The van der Waals surface area contributed by atoms with Gasteiger partial charge in [0.2, 0.25) is 0 Å². The summed E-state index contributed by atoms with van der Waals surface area (Å²) in [5, 5.41) is 52.4. The molecule has 22 heavy (non-hydrogen) atoms. The second-order valence-electron chi connectivity index (χ2n) is 5.63. The molecule has 4 unspecified atom stereocenters.